The van der Waals surface area contributed by atoms with Crippen LogP contribution < -0.4 is 24.4 Å². The first-order chi connectivity index (χ1) is 15.1. The van der Waals surface area contributed by atoms with Gasteiger partial charge in [0.25, 0.3) is 0 Å². The summed E-state index contributed by atoms with van der Waals surface area (Å²) in [6, 6.07) is 18.2. The molecule has 0 saturated heterocycles. The van der Waals surface area contributed by atoms with Gasteiger partial charge in [-0.3, -0.25) is 4.79 Å². The Hall–Kier alpha value is -4.26. The molecule has 7 nitrogen and oxygen atoms in total. The molecule has 0 unspecified atom stereocenters. The molecule has 1 heterocycles. The van der Waals surface area contributed by atoms with Crippen LogP contribution in [0.5, 0.6) is 28.7 Å². The van der Waals surface area contributed by atoms with Crippen molar-refractivity contribution in [2.24, 2.45) is 0 Å². The van der Waals surface area contributed by atoms with Gasteiger partial charge in [0.15, 0.2) is 11.5 Å². The molecular formula is C24H18O7. The van der Waals surface area contributed by atoms with Gasteiger partial charge in [0.2, 0.25) is 11.2 Å². The van der Waals surface area contributed by atoms with Gasteiger partial charge in [0, 0.05) is 6.07 Å². The van der Waals surface area contributed by atoms with Gasteiger partial charge in [-0.2, -0.15) is 0 Å². The van der Waals surface area contributed by atoms with Gasteiger partial charge in [0.1, 0.15) is 28.9 Å². The first-order valence-electron chi connectivity index (χ1n) is 9.32. The Morgan fingerprint density at radius 1 is 0.806 bits per heavy atom. The topological polar surface area (TPSA) is 84.2 Å². The SMILES string of the molecule is COc1ccccc1Oc1coc2cc(OC(=O)c3ccccc3OC)ccc2c1=O. The zero-order valence-electron chi connectivity index (χ0n) is 16.8. The summed E-state index contributed by atoms with van der Waals surface area (Å²) in [6.45, 7) is 0. The maximum Gasteiger partial charge on any atom is 0.347 e. The molecule has 0 saturated carbocycles. The van der Waals surface area contributed by atoms with Crippen LogP contribution in [0.3, 0.4) is 0 Å². The summed E-state index contributed by atoms with van der Waals surface area (Å²) in [6.07, 6.45) is 1.21. The van der Waals surface area contributed by atoms with Crippen molar-refractivity contribution in [2.45, 2.75) is 0 Å². The molecule has 0 aliphatic rings. The molecule has 1 aromatic heterocycles. The summed E-state index contributed by atoms with van der Waals surface area (Å²) in [7, 11) is 2.99. The van der Waals surface area contributed by atoms with E-state index in [2.05, 4.69) is 0 Å². The van der Waals surface area contributed by atoms with Gasteiger partial charge in [0.05, 0.1) is 19.6 Å². The van der Waals surface area contributed by atoms with E-state index in [1.54, 1.807) is 48.5 Å². The normalized spacial score (nSPS) is 10.5. The molecule has 0 atom stereocenters. The number of carbonyl (C=O) groups excluding carboxylic acids is 1. The minimum Gasteiger partial charge on any atom is -0.496 e. The Bertz CT molecular complexity index is 1310. The minimum absolute atomic E-state index is 0.00997. The summed E-state index contributed by atoms with van der Waals surface area (Å²) in [5.41, 5.74) is 0.171. The molecule has 3 aromatic carbocycles. The second kappa shape index (κ2) is 8.62. The van der Waals surface area contributed by atoms with Crippen LogP contribution in [0.2, 0.25) is 0 Å². The fraction of sp³-hybridized carbons (Fsp3) is 0.0833. The molecule has 0 fully saturated rings. The zero-order chi connectivity index (χ0) is 21.8. The van der Waals surface area contributed by atoms with E-state index < -0.39 is 5.97 Å². The smallest absolute Gasteiger partial charge is 0.347 e. The van der Waals surface area contributed by atoms with Crippen molar-refractivity contribution in [3.63, 3.8) is 0 Å². The molecule has 0 bridgehead atoms. The number of rotatable bonds is 6. The van der Waals surface area contributed by atoms with Crippen molar-refractivity contribution in [1.29, 1.82) is 0 Å². The highest BCUT2D eigenvalue weighted by Crippen LogP contribution is 2.31. The molecule has 4 rings (SSSR count). The monoisotopic (exact) mass is 418 g/mol. The number of para-hydroxylation sites is 3. The fourth-order valence-corrected chi connectivity index (χ4v) is 3.02. The lowest BCUT2D eigenvalue weighted by Gasteiger charge is -2.10. The lowest BCUT2D eigenvalue weighted by molar-refractivity contribution is 0.0731. The highest BCUT2D eigenvalue weighted by atomic mass is 16.5. The third-order valence-corrected chi connectivity index (χ3v) is 4.54. The minimum atomic E-state index is -0.588. The van der Waals surface area contributed by atoms with E-state index >= 15 is 0 Å². The van der Waals surface area contributed by atoms with E-state index in [9.17, 15) is 9.59 Å². The molecule has 0 aliphatic heterocycles. The predicted molar refractivity (Wildman–Crippen MR) is 114 cm³/mol. The summed E-state index contributed by atoms with van der Waals surface area (Å²) in [5, 5.41) is 0.282. The first-order valence-corrected chi connectivity index (χ1v) is 9.32. The molecular weight excluding hydrogens is 400 g/mol. The van der Waals surface area contributed by atoms with Crippen molar-refractivity contribution in [3.05, 3.63) is 88.8 Å². The average molecular weight is 418 g/mol. The van der Waals surface area contributed by atoms with Crippen molar-refractivity contribution in [2.75, 3.05) is 14.2 Å². The molecule has 4 aromatic rings. The molecule has 31 heavy (non-hydrogen) atoms. The Labute approximate surface area is 177 Å². The van der Waals surface area contributed by atoms with E-state index in [0.717, 1.165) is 0 Å². The maximum absolute atomic E-state index is 12.8. The number of fused-ring (bicyclic) bond motifs is 1. The molecule has 0 spiro atoms. The van der Waals surface area contributed by atoms with Crippen LogP contribution in [0, 0.1) is 0 Å². The summed E-state index contributed by atoms with van der Waals surface area (Å²) < 4.78 is 27.1. The van der Waals surface area contributed by atoms with Gasteiger partial charge in [-0.05, 0) is 36.4 Å². The lowest BCUT2D eigenvalue weighted by Crippen LogP contribution is -2.10. The van der Waals surface area contributed by atoms with Gasteiger partial charge in [-0.15, -0.1) is 0 Å². The summed E-state index contributed by atoms with van der Waals surface area (Å²) >= 11 is 0. The molecule has 0 N–H and O–H groups in total. The van der Waals surface area contributed by atoms with E-state index in [1.165, 1.54) is 38.7 Å². The van der Waals surface area contributed by atoms with E-state index in [-0.39, 0.29) is 33.5 Å². The van der Waals surface area contributed by atoms with Crippen LogP contribution in [0.1, 0.15) is 10.4 Å². The zero-order valence-corrected chi connectivity index (χ0v) is 16.8. The van der Waals surface area contributed by atoms with Crippen LogP contribution in [0.25, 0.3) is 11.0 Å². The second-order valence-electron chi connectivity index (χ2n) is 6.43. The third kappa shape index (κ3) is 4.06. The molecule has 0 amide bonds. The molecule has 156 valence electrons. The number of hydrogen-bond acceptors (Lipinski definition) is 7. The van der Waals surface area contributed by atoms with Crippen molar-refractivity contribution in [3.8, 4) is 28.7 Å². The van der Waals surface area contributed by atoms with Gasteiger partial charge < -0.3 is 23.4 Å². The largest absolute Gasteiger partial charge is 0.496 e. The number of ether oxygens (including phenoxy) is 4. The predicted octanol–water partition coefficient (Wildman–Crippen LogP) is 4.82. The Morgan fingerprint density at radius 2 is 1.48 bits per heavy atom. The van der Waals surface area contributed by atoms with Gasteiger partial charge in [-0.25, -0.2) is 4.79 Å². The van der Waals surface area contributed by atoms with Crippen molar-refractivity contribution < 1.29 is 28.2 Å². The van der Waals surface area contributed by atoms with Crippen LogP contribution >= 0.6 is 0 Å². The molecule has 0 radical (unpaired) electrons. The Kier molecular flexibility index (Phi) is 5.57. The lowest BCUT2D eigenvalue weighted by atomic mass is 10.2. The number of methoxy groups -OCH3 is 2. The molecule has 0 aliphatic carbocycles. The van der Waals surface area contributed by atoms with E-state index in [1.807, 2.05) is 0 Å². The van der Waals surface area contributed by atoms with Gasteiger partial charge >= 0.3 is 5.97 Å². The average Bonchev–Trinajstić information content (AvgIpc) is 2.81. The highest BCUT2D eigenvalue weighted by Gasteiger charge is 2.16. The number of carbonyl (C=O) groups is 1. The van der Waals surface area contributed by atoms with Crippen LogP contribution in [0.15, 0.2) is 82.2 Å². The first kappa shape index (κ1) is 20.0. The Morgan fingerprint density at radius 3 is 2.23 bits per heavy atom. The summed E-state index contributed by atoms with van der Waals surface area (Å²) in [5.74, 6) is 0.925. The molecule has 7 heteroatoms. The van der Waals surface area contributed by atoms with E-state index in [0.29, 0.717) is 17.2 Å². The van der Waals surface area contributed by atoms with E-state index in [4.69, 9.17) is 23.4 Å². The standard InChI is InChI=1S/C24H18O7/c1-27-18-8-4-3-7-17(18)24(26)30-15-11-12-16-21(13-15)29-14-22(23(16)25)31-20-10-6-5-9-19(20)28-2/h3-14H,1-2H3. The highest BCUT2D eigenvalue weighted by molar-refractivity contribution is 5.94. The fourth-order valence-electron chi connectivity index (χ4n) is 3.02. The maximum atomic E-state index is 12.8. The summed E-state index contributed by atoms with van der Waals surface area (Å²) in [4.78, 5) is 25.3. The quantitative estimate of drug-likeness (QED) is 0.328. The van der Waals surface area contributed by atoms with Crippen LogP contribution in [0.4, 0.5) is 0 Å². The van der Waals surface area contributed by atoms with Crippen molar-refractivity contribution >= 4 is 16.9 Å². The van der Waals surface area contributed by atoms with Gasteiger partial charge in [-0.1, -0.05) is 24.3 Å². The van der Waals surface area contributed by atoms with Crippen LogP contribution in [-0.4, -0.2) is 20.2 Å². The van der Waals surface area contributed by atoms with Crippen LogP contribution in [-0.2, 0) is 0 Å². The third-order valence-electron chi connectivity index (χ3n) is 4.54. The van der Waals surface area contributed by atoms with Crippen molar-refractivity contribution in [1.82, 2.24) is 0 Å². The number of esters is 1. The number of hydrogen-bond donors (Lipinski definition) is 0. The Balaban J connectivity index is 1.61. The number of benzene rings is 3. The second-order valence-corrected chi connectivity index (χ2v) is 6.43.